The highest BCUT2D eigenvalue weighted by molar-refractivity contribution is 7.13. The third kappa shape index (κ3) is 6.09. The minimum absolute atomic E-state index is 0.134. The number of nitrogens with one attached hydrogen (secondary N) is 2. The van der Waals surface area contributed by atoms with Crippen molar-refractivity contribution in [3.05, 3.63) is 62.8 Å². The summed E-state index contributed by atoms with van der Waals surface area (Å²) >= 11 is 6.55. The van der Waals surface area contributed by atoms with Crippen molar-refractivity contribution in [2.45, 2.75) is 19.1 Å². The summed E-state index contributed by atoms with van der Waals surface area (Å²) in [5.41, 5.74) is -0.689. The molecule has 1 aliphatic rings. The second kappa shape index (κ2) is 10.8. The van der Waals surface area contributed by atoms with E-state index in [-0.39, 0.29) is 16.6 Å². The maximum absolute atomic E-state index is 13.0. The van der Waals surface area contributed by atoms with Gasteiger partial charge in [0.2, 0.25) is 0 Å². The number of aromatic nitrogens is 3. The van der Waals surface area contributed by atoms with Crippen molar-refractivity contribution in [3.63, 3.8) is 0 Å². The van der Waals surface area contributed by atoms with Crippen LogP contribution in [0.4, 0.5) is 24.8 Å². The van der Waals surface area contributed by atoms with Gasteiger partial charge < -0.3 is 20.3 Å². The number of carbonyl (C=O) groups is 2. The molecule has 190 valence electrons. The molecule has 1 aliphatic heterocycles. The standard InChI is InChI=1S/C22H20ClF3N6O3S/c1-12(30-19(33)13-2-3-27-18(8-13)32-4-6-35-7-5-32)21-29-11-16(36-21)20(34)31-17-9-14(22(24,25)26)15(23)10-28-17/h2-3,8-12H,4-7H2,1H3,(H,30,33)(H,28,31,34). The topological polar surface area (TPSA) is 109 Å². The van der Waals surface area contributed by atoms with Gasteiger partial charge in [0.25, 0.3) is 11.8 Å². The summed E-state index contributed by atoms with van der Waals surface area (Å²) in [6.07, 6.45) is -1.03. The Kier molecular flexibility index (Phi) is 7.71. The zero-order chi connectivity index (χ0) is 25.9. The zero-order valence-corrected chi connectivity index (χ0v) is 20.4. The van der Waals surface area contributed by atoms with Crippen LogP contribution in [-0.2, 0) is 10.9 Å². The van der Waals surface area contributed by atoms with E-state index < -0.39 is 28.7 Å². The maximum Gasteiger partial charge on any atom is 0.418 e. The number of nitrogens with zero attached hydrogens (tertiary/aromatic N) is 4. The number of amides is 2. The van der Waals surface area contributed by atoms with Crippen LogP contribution in [0, 0.1) is 0 Å². The molecule has 0 saturated carbocycles. The Morgan fingerprint density at radius 1 is 1.14 bits per heavy atom. The second-order valence-electron chi connectivity index (χ2n) is 7.76. The molecule has 36 heavy (non-hydrogen) atoms. The van der Waals surface area contributed by atoms with Crippen molar-refractivity contribution < 1.29 is 27.5 Å². The fourth-order valence-electron chi connectivity index (χ4n) is 3.36. The van der Waals surface area contributed by atoms with Crippen LogP contribution in [0.5, 0.6) is 0 Å². The summed E-state index contributed by atoms with van der Waals surface area (Å²) in [6, 6.07) is 3.42. The van der Waals surface area contributed by atoms with Crippen LogP contribution < -0.4 is 15.5 Å². The normalized spacial score (nSPS) is 14.9. The summed E-state index contributed by atoms with van der Waals surface area (Å²) in [5, 5.41) is 5.01. The molecule has 4 rings (SSSR count). The number of carbonyl (C=O) groups excluding carboxylic acids is 2. The van der Waals surface area contributed by atoms with Gasteiger partial charge in [-0.3, -0.25) is 9.59 Å². The highest BCUT2D eigenvalue weighted by atomic mass is 35.5. The molecule has 2 amide bonds. The molecule has 1 saturated heterocycles. The molecule has 3 aromatic heterocycles. The molecule has 0 radical (unpaired) electrons. The van der Waals surface area contributed by atoms with Crippen molar-refractivity contribution in [2.75, 3.05) is 36.5 Å². The average Bonchev–Trinajstić information content (AvgIpc) is 3.36. The second-order valence-corrected chi connectivity index (χ2v) is 9.23. The van der Waals surface area contributed by atoms with Crippen molar-refractivity contribution in [2.24, 2.45) is 0 Å². The number of anilines is 2. The minimum Gasteiger partial charge on any atom is -0.378 e. The van der Waals surface area contributed by atoms with Gasteiger partial charge in [-0.2, -0.15) is 13.2 Å². The summed E-state index contributed by atoms with van der Waals surface area (Å²) in [6.45, 7) is 4.25. The van der Waals surface area contributed by atoms with Crippen LogP contribution in [0.25, 0.3) is 0 Å². The van der Waals surface area contributed by atoms with E-state index in [2.05, 4.69) is 25.6 Å². The van der Waals surface area contributed by atoms with Crippen molar-refractivity contribution in [1.82, 2.24) is 20.3 Å². The lowest BCUT2D eigenvalue weighted by atomic mass is 10.2. The molecule has 0 aliphatic carbocycles. The molecule has 2 N–H and O–H groups in total. The number of halogens is 4. The molecular weight excluding hydrogens is 521 g/mol. The summed E-state index contributed by atoms with van der Waals surface area (Å²) in [5.74, 6) is -0.659. The molecule has 1 unspecified atom stereocenters. The molecule has 0 aromatic carbocycles. The first-order chi connectivity index (χ1) is 17.1. The average molecular weight is 541 g/mol. The smallest absolute Gasteiger partial charge is 0.378 e. The Balaban J connectivity index is 1.40. The monoisotopic (exact) mass is 540 g/mol. The van der Waals surface area contributed by atoms with Gasteiger partial charge in [0.05, 0.1) is 36.0 Å². The van der Waals surface area contributed by atoms with Crippen LogP contribution in [0.1, 0.15) is 43.6 Å². The highest BCUT2D eigenvalue weighted by Gasteiger charge is 2.34. The third-order valence-corrected chi connectivity index (χ3v) is 6.69. The number of hydrogen-bond donors (Lipinski definition) is 2. The van der Waals surface area contributed by atoms with Crippen LogP contribution in [0.15, 0.2) is 36.8 Å². The zero-order valence-electron chi connectivity index (χ0n) is 18.8. The maximum atomic E-state index is 13.0. The summed E-state index contributed by atoms with van der Waals surface area (Å²) in [7, 11) is 0. The number of hydrogen-bond acceptors (Lipinski definition) is 8. The number of alkyl halides is 3. The molecule has 9 nitrogen and oxygen atoms in total. The Bertz CT molecular complexity index is 1270. The lowest BCUT2D eigenvalue weighted by Gasteiger charge is -2.28. The molecule has 1 fully saturated rings. The van der Waals surface area contributed by atoms with E-state index in [1.54, 1.807) is 25.3 Å². The number of pyridine rings is 2. The van der Waals surface area contributed by atoms with Gasteiger partial charge in [-0.15, -0.1) is 11.3 Å². The van der Waals surface area contributed by atoms with Crippen molar-refractivity contribution >= 4 is 46.4 Å². The molecule has 1 atom stereocenters. The van der Waals surface area contributed by atoms with Crippen LogP contribution >= 0.6 is 22.9 Å². The molecule has 4 heterocycles. The van der Waals surface area contributed by atoms with E-state index in [0.717, 1.165) is 17.5 Å². The van der Waals surface area contributed by atoms with Crippen LogP contribution in [0.3, 0.4) is 0 Å². The van der Waals surface area contributed by atoms with E-state index in [4.69, 9.17) is 16.3 Å². The van der Waals surface area contributed by atoms with Crippen LogP contribution in [-0.4, -0.2) is 53.1 Å². The molecule has 14 heteroatoms. The van der Waals surface area contributed by atoms with Gasteiger partial charge in [-0.25, -0.2) is 15.0 Å². The van der Waals surface area contributed by atoms with Gasteiger partial charge in [0.1, 0.15) is 21.5 Å². The Labute approximate surface area is 212 Å². The minimum atomic E-state index is -4.69. The summed E-state index contributed by atoms with van der Waals surface area (Å²) in [4.78, 5) is 39.7. The number of ether oxygens (including phenoxy) is 1. The molecular formula is C22H20ClF3N6O3S. The van der Waals surface area contributed by atoms with Gasteiger partial charge in [0.15, 0.2) is 0 Å². The van der Waals surface area contributed by atoms with Gasteiger partial charge in [-0.1, -0.05) is 11.6 Å². The molecule has 3 aromatic rings. The highest BCUT2D eigenvalue weighted by Crippen LogP contribution is 2.35. The lowest BCUT2D eigenvalue weighted by molar-refractivity contribution is -0.137. The first-order valence-corrected chi connectivity index (χ1v) is 11.9. The lowest BCUT2D eigenvalue weighted by Crippen LogP contribution is -2.37. The van der Waals surface area contributed by atoms with Crippen molar-refractivity contribution in [1.29, 1.82) is 0 Å². The quantitative estimate of drug-likeness (QED) is 0.482. The largest absolute Gasteiger partial charge is 0.418 e. The van der Waals surface area contributed by atoms with E-state index in [9.17, 15) is 22.8 Å². The Morgan fingerprint density at radius 2 is 1.89 bits per heavy atom. The Morgan fingerprint density at radius 3 is 2.61 bits per heavy atom. The fourth-order valence-corrected chi connectivity index (χ4v) is 4.39. The van der Waals surface area contributed by atoms with E-state index in [1.807, 2.05) is 4.90 Å². The summed E-state index contributed by atoms with van der Waals surface area (Å²) < 4.78 is 44.5. The molecule has 0 spiro atoms. The van der Waals surface area contributed by atoms with E-state index >= 15 is 0 Å². The van der Waals surface area contributed by atoms with Gasteiger partial charge in [0, 0.05) is 31.0 Å². The van der Waals surface area contributed by atoms with Crippen LogP contribution in [0.2, 0.25) is 5.02 Å². The molecule has 0 bridgehead atoms. The number of rotatable bonds is 6. The first kappa shape index (κ1) is 25.8. The fraction of sp³-hybridized carbons (Fsp3) is 0.318. The van der Waals surface area contributed by atoms with Gasteiger partial charge in [-0.05, 0) is 25.1 Å². The van der Waals surface area contributed by atoms with Crippen molar-refractivity contribution in [3.8, 4) is 0 Å². The Hall–Kier alpha value is -3.29. The van der Waals surface area contributed by atoms with E-state index in [0.29, 0.717) is 48.8 Å². The third-order valence-electron chi connectivity index (χ3n) is 5.21. The number of thiazole rings is 1. The predicted octanol–water partition coefficient (Wildman–Crippen LogP) is 4.19. The number of morpholine rings is 1. The first-order valence-electron chi connectivity index (χ1n) is 10.7. The van der Waals surface area contributed by atoms with E-state index in [1.165, 1.54) is 6.20 Å². The predicted molar refractivity (Wildman–Crippen MR) is 127 cm³/mol. The van der Waals surface area contributed by atoms with Gasteiger partial charge >= 0.3 is 6.18 Å². The SMILES string of the molecule is CC(NC(=O)c1ccnc(N2CCOCC2)c1)c1ncc(C(=O)Nc2cc(C(F)(F)F)c(Cl)cn2)s1.